The van der Waals surface area contributed by atoms with Crippen LogP contribution in [-0.2, 0) is 16.1 Å². The molecule has 8 nitrogen and oxygen atoms in total. The minimum Gasteiger partial charge on any atom is -0.408 e. The minimum atomic E-state index is -0.410. The third kappa shape index (κ3) is 4.86. The average molecular weight is 455 g/mol. The molecule has 1 N–H and O–H groups in total. The number of fused-ring (bicyclic) bond motifs is 3. The van der Waals surface area contributed by atoms with E-state index in [9.17, 15) is 14.4 Å². The Balaban J connectivity index is 1.13. The number of hydrogen-bond donors (Lipinski definition) is 1. The van der Waals surface area contributed by atoms with E-state index in [4.69, 9.17) is 4.42 Å². The van der Waals surface area contributed by atoms with Crippen molar-refractivity contribution in [2.24, 2.45) is 11.8 Å². The van der Waals surface area contributed by atoms with E-state index < -0.39 is 5.76 Å². The highest BCUT2D eigenvalue weighted by molar-refractivity contribution is 5.77. The SMILES string of the molecule is O=C(CCC[C@H]1NCC2CC1CN(C(=O)CCn1c(=O)oc3ccccc31)C2)N1CCCC1. The lowest BCUT2D eigenvalue weighted by molar-refractivity contribution is -0.135. The van der Waals surface area contributed by atoms with E-state index in [0.717, 1.165) is 70.3 Å². The molecule has 0 radical (unpaired) electrons. The molecule has 3 fully saturated rings. The van der Waals surface area contributed by atoms with Crippen LogP contribution in [0.25, 0.3) is 11.1 Å². The molecule has 33 heavy (non-hydrogen) atoms. The largest absolute Gasteiger partial charge is 0.419 e. The number of nitrogens with one attached hydrogen (secondary N) is 1. The van der Waals surface area contributed by atoms with Crippen LogP contribution in [0.2, 0.25) is 0 Å². The van der Waals surface area contributed by atoms with Gasteiger partial charge in [0.2, 0.25) is 11.8 Å². The summed E-state index contributed by atoms with van der Waals surface area (Å²) in [5.74, 6) is 0.899. The Labute approximate surface area is 193 Å². The van der Waals surface area contributed by atoms with Gasteiger partial charge in [-0.3, -0.25) is 14.2 Å². The Hall–Kier alpha value is -2.61. The van der Waals surface area contributed by atoms with Gasteiger partial charge in [-0.2, -0.15) is 0 Å². The van der Waals surface area contributed by atoms with Gasteiger partial charge in [0.25, 0.3) is 0 Å². The van der Waals surface area contributed by atoms with E-state index >= 15 is 0 Å². The molecule has 0 saturated carbocycles. The fourth-order valence-corrected chi connectivity index (χ4v) is 5.90. The zero-order valence-electron chi connectivity index (χ0n) is 19.2. The molecule has 0 spiro atoms. The molecule has 2 unspecified atom stereocenters. The summed E-state index contributed by atoms with van der Waals surface area (Å²) >= 11 is 0. The first kappa shape index (κ1) is 22.2. The lowest BCUT2D eigenvalue weighted by Gasteiger charge is -2.46. The molecule has 5 rings (SSSR count). The van der Waals surface area contributed by atoms with Crippen molar-refractivity contribution in [3.8, 4) is 0 Å². The highest BCUT2D eigenvalue weighted by atomic mass is 16.4. The van der Waals surface area contributed by atoms with Crippen molar-refractivity contribution in [2.75, 3.05) is 32.7 Å². The standard InChI is InChI=1S/C25H34N4O4/c30-23(27-11-3-4-12-27)9-5-6-20-19-14-18(15-26-20)16-28(17-19)24(31)10-13-29-21-7-1-2-8-22(21)33-25(29)32/h1-2,7-8,18-20,26H,3-6,9-17H2/t18?,19?,20-/m1/s1. The maximum Gasteiger partial charge on any atom is 0.419 e. The maximum absolute atomic E-state index is 13.0. The van der Waals surface area contributed by atoms with Crippen LogP contribution in [0.5, 0.6) is 0 Å². The molecule has 1 aromatic heterocycles. The van der Waals surface area contributed by atoms with Gasteiger partial charge in [0.05, 0.1) is 5.52 Å². The highest BCUT2D eigenvalue weighted by Gasteiger charge is 2.37. The van der Waals surface area contributed by atoms with Crippen molar-refractivity contribution < 1.29 is 14.0 Å². The predicted molar refractivity (Wildman–Crippen MR) is 125 cm³/mol. The zero-order valence-corrected chi connectivity index (χ0v) is 19.2. The number of aromatic nitrogens is 1. The van der Waals surface area contributed by atoms with Gasteiger partial charge < -0.3 is 19.5 Å². The van der Waals surface area contributed by atoms with Crippen molar-refractivity contribution in [1.29, 1.82) is 0 Å². The van der Waals surface area contributed by atoms with Crippen LogP contribution in [0.4, 0.5) is 0 Å². The summed E-state index contributed by atoms with van der Waals surface area (Å²) in [6.45, 7) is 4.64. The second-order valence-electron chi connectivity index (χ2n) is 9.89. The second-order valence-corrected chi connectivity index (χ2v) is 9.89. The van der Waals surface area contributed by atoms with E-state index in [-0.39, 0.29) is 5.91 Å². The number of likely N-dealkylation sites (tertiary alicyclic amines) is 2. The Morgan fingerprint density at radius 1 is 1.03 bits per heavy atom. The van der Waals surface area contributed by atoms with Crippen molar-refractivity contribution in [2.45, 2.75) is 57.5 Å². The van der Waals surface area contributed by atoms with Crippen molar-refractivity contribution in [3.63, 3.8) is 0 Å². The molecule has 8 heteroatoms. The minimum absolute atomic E-state index is 0.103. The zero-order chi connectivity index (χ0) is 22.8. The van der Waals surface area contributed by atoms with E-state index in [1.165, 1.54) is 0 Å². The van der Waals surface area contributed by atoms with Gasteiger partial charge in [0.1, 0.15) is 0 Å². The summed E-state index contributed by atoms with van der Waals surface area (Å²) in [6.07, 6.45) is 6.22. The first-order valence-electron chi connectivity index (χ1n) is 12.5. The van der Waals surface area contributed by atoms with E-state index in [0.29, 0.717) is 48.8 Å². The summed E-state index contributed by atoms with van der Waals surface area (Å²) in [5.41, 5.74) is 1.29. The van der Waals surface area contributed by atoms with Crippen LogP contribution in [0.1, 0.15) is 44.9 Å². The quantitative estimate of drug-likeness (QED) is 0.693. The number of oxazole rings is 1. The monoisotopic (exact) mass is 454 g/mol. The predicted octanol–water partition coefficient (Wildman–Crippen LogP) is 2.21. The Bertz CT molecular complexity index is 1050. The number of benzene rings is 1. The summed E-state index contributed by atoms with van der Waals surface area (Å²) < 4.78 is 6.84. The van der Waals surface area contributed by atoms with Gasteiger partial charge in [-0.25, -0.2) is 4.79 Å². The molecule has 1 aromatic carbocycles. The van der Waals surface area contributed by atoms with Crippen LogP contribution in [-0.4, -0.2) is 64.9 Å². The number of piperidine rings is 2. The summed E-state index contributed by atoms with van der Waals surface area (Å²) in [6, 6.07) is 7.68. The number of aryl methyl sites for hydroxylation is 1. The number of amides is 2. The third-order valence-electron chi connectivity index (χ3n) is 7.65. The summed E-state index contributed by atoms with van der Waals surface area (Å²) in [7, 11) is 0. The Morgan fingerprint density at radius 2 is 1.82 bits per heavy atom. The summed E-state index contributed by atoms with van der Waals surface area (Å²) in [5, 5.41) is 3.69. The van der Waals surface area contributed by atoms with Gasteiger partial charge in [-0.15, -0.1) is 0 Å². The summed E-state index contributed by atoms with van der Waals surface area (Å²) in [4.78, 5) is 41.6. The number of carbonyl (C=O) groups is 2. The molecule has 0 aliphatic carbocycles. The molecule has 2 amide bonds. The number of hydrogen-bond acceptors (Lipinski definition) is 5. The molecular formula is C25H34N4O4. The van der Waals surface area contributed by atoms with Gasteiger partial charge in [0.15, 0.2) is 5.58 Å². The lowest BCUT2D eigenvalue weighted by Crippen LogP contribution is -2.57. The van der Waals surface area contributed by atoms with E-state index in [2.05, 4.69) is 5.32 Å². The van der Waals surface area contributed by atoms with Crippen LogP contribution < -0.4 is 11.1 Å². The molecule has 3 aliphatic heterocycles. The van der Waals surface area contributed by atoms with Gasteiger partial charge in [0, 0.05) is 51.6 Å². The Kier molecular flexibility index (Phi) is 6.53. The molecule has 178 valence electrons. The van der Waals surface area contributed by atoms with E-state index in [1.54, 1.807) is 10.6 Å². The number of carbonyl (C=O) groups excluding carboxylic acids is 2. The number of rotatable bonds is 7. The number of nitrogens with zero attached hydrogens (tertiary/aromatic N) is 3. The molecule has 4 heterocycles. The first-order chi connectivity index (χ1) is 16.1. The molecule has 3 atom stereocenters. The average Bonchev–Trinajstić information content (AvgIpc) is 3.46. The first-order valence-corrected chi connectivity index (χ1v) is 12.5. The number of para-hydroxylation sites is 2. The molecular weight excluding hydrogens is 420 g/mol. The second kappa shape index (κ2) is 9.71. The van der Waals surface area contributed by atoms with Crippen LogP contribution in [0, 0.1) is 11.8 Å². The van der Waals surface area contributed by atoms with Gasteiger partial charge in [-0.05, 0) is 62.6 Å². The topological polar surface area (TPSA) is 87.8 Å². The van der Waals surface area contributed by atoms with Gasteiger partial charge in [-0.1, -0.05) is 12.1 Å². The lowest BCUT2D eigenvalue weighted by atomic mass is 9.79. The fourth-order valence-electron chi connectivity index (χ4n) is 5.90. The molecule has 2 aromatic rings. The van der Waals surface area contributed by atoms with Crippen LogP contribution >= 0.6 is 0 Å². The van der Waals surface area contributed by atoms with Gasteiger partial charge >= 0.3 is 5.76 Å². The molecule has 2 bridgehead atoms. The van der Waals surface area contributed by atoms with E-state index in [1.807, 2.05) is 28.0 Å². The van der Waals surface area contributed by atoms with Crippen molar-refractivity contribution in [1.82, 2.24) is 19.7 Å². The normalized spacial score (nSPS) is 25.0. The molecule has 3 saturated heterocycles. The maximum atomic E-state index is 13.0. The van der Waals surface area contributed by atoms with Crippen LogP contribution in [0.15, 0.2) is 33.5 Å². The highest BCUT2D eigenvalue weighted by Crippen LogP contribution is 2.31. The third-order valence-corrected chi connectivity index (χ3v) is 7.65. The van der Waals surface area contributed by atoms with Crippen molar-refractivity contribution in [3.05, 3.63) is 34.8 Å². The fraction of sp³-hybridized carbons (Fsp3) is 0.640. The smallest absolute Gasteiger partial charge is 0.408 e. The Morgan fingerprint density at radius 3 is 2.67 bits per heavy atom. The van der Waals surface area contributed by atoms with Crippen molar-refractivity contribution >= 4 is 22.9 Å². The van der Waals surface area contributed by atoms with Crippen LogP contribution in [0.3, 0.4) is 0 Å². The molecule has 3 aliphatic rings.